The number of aromatic nitrogens is 1. The molecule has 0 saturated heterocycles. The van der Waals surface area contributed by atoms with Gasteiger partial charge in [0, 0.05) is 17.8 Å². The Morgan fingerprint density at radius 3 is 2.85 bits per heavy atom. The quantitative estimate of drug-likeness (QED) is 0.663. The summed E-state index contributed by atoms with van der Waals surface area (Å²) in [4.78, 5) is 5.90. The number of thiazole rings is 1. The standard InChI is InChI=1S/C22H24N2OS/c1-13(2)25-20-10-7-15(11-14(20)3)22-24-12-21(26-22)18-6-4-5-17-16(18)8-9-19(17)23/h4-7,10-13,19H,8-9,23H2,1-3H3/t19-/m0/s1. The van der Waals surface area contributed by atoms with Crippen LogP contribution >= 0.6 is 11.3 Å². The van der Waals surface area contributed by atoms with E-state index in [4.69, 9.17) is 10.5 Å². The smallest absolute Gasteiger partial charge is 0.123 e. The van der Waals surface area contributed by atoms with Crippen LogP contribution in [0.5, 0.6) is 5.75 Å². The van der Waals surface area contributed by atoms with E-state index >= 15 is 0 Å². The number of nitrogens with zero attached hydrogens (tertiary/aromatic N) is 1. The molecule has 1 atom stereocenters. The molecular weight excluding hydrogens is 340 g/mol. The van der Waals surface area contributed by atoms with Gasteiger partial charge >= 0.3 is 0 Å². The van der Waals surface area contributed by atoms with Crippen molar-refractivity contribution in [1.29, 1.82) is 0 Å². The molecule has 2 aromatic carbocycles. The summed E-state index contributed by atoms with van der Waals surface area (Å²) in [5, 5.41) is 1.04. The fourth-order valence-electron chi connectivity index (χ4n) is 3.62. The Balaban J connectivity index is 1.67. The molecule has 134 valence electrons. The lowest BCUT2D eigenvalue weighted by Gasteiger charge is -2.12. The van der Waals surface area contributed by atoms with Crippen molar-refractivity contribution in [3.8, 4) is 26.8 Å². The van der Waals surface area contributed by atoms with Gasteiger partial charge in [-0.15, -0.1) is 11.3 Å². The van der Waals surface area contributed by atoms with E-state index in [0.717, 1.165) is 34.7 Å². The normalized spacial score (nSPS) is 16.1. The largest absolute Gasteiger partial charge is 0.491 e. The van der Waals surface area contributed by atoms with Crippen molar-refractivity contribution in [1.82, 2.24) is 4.98 Å². The van der Waals surface area contributed by atoms with Crippen LogP contribution in [0.2, 0.25) is 0 Å². The molecular formula is C22H24N2OS. The highest BCUT2D eigenvalue weighted by Gasteiger charge is 2.22. The summed E-state index contributed by atoms with van der Waals surface area (Å²) in [6, 6.07) is 12.9. The highest BCUT2D eigenvalue weighted by Crippen LogP contribution is 2.40. The molecule has 1 aromatic heterocycles. The third-order valence-electron chi connectivity index (χ3n) is 4.87. The summed E-state index contributed by atoms with van der Waals surface area (Å²) < 4.78 is 5.84. The molecule has 0 amide bonds. The van der Waals surface area contributed by atoms with Gasteiger partial charge in [-0.05, 0) is 74.1 Å². The van der Waals surface area contributed by atoms with Crippen molar-refractivity contribution in [3.05, 3.63) is 59.3 Å². The van der Waals surface area contributed by atoms with Gasteiger partial charge in [-0.2, -0.15) is 0 Å². The van der Waals surface area contributed by atoms with E-state index in [2.05, 4.69) is 42.2 Å². The number of nitrogens with two attached hydrogens (primary N) is 1. The number of benzene rings is 2. The van der Waals surface area contributed by atoms with E-state index in [1.165, 1.54) is 21.6 Å². The van der Waals surface area contributed by atoms with Gasteiger partial charge in [0.2, 0.25) is 0 Å². The van der Waals surface area contributed by atoms with Gasteiger partial charge in [0.05, 0.1) is 11.0 Å². The highest BCUT2D eigenvalue weighted by atomic mass is 32.1. The molecule has 0 unspecified atom stereocenters. The molecule has 1 aliphatic rings. The Hall–Kier alpha value is -2.17. The van der Waals surface area contributed by atoms with E-state index in [-0.39, 0.29) is 12.1 Å². The molecule has 26 heavy (non-hydrogen) atoms. The SMILES string of the molecule is Cc1cc(-c2ncc(-c3cccc4c3CC[C@@H]4N)s2)ccc1OC(C)C. The zero-order valence-corrected chi connectivity index (χ0v) is 16.3. The van der Waals surface area contributed by atoms with Crippen LogP contribution in [0.3, 0.4) is 0 Å². The molecule has 0 fully saturated rings. The molecule has 0 aliphatic heterocycles. The Labute approximate surface area is 158 Å². The van der Waals surface area contributed by atoms with E-state index in [9.17, 15) is 0 Å². The number of aryl methyl sites for hydroxylation is 1. The summed E-state index contributed by atoms with van der Waals surface area (Å²) in [5.74, 6) is 0.940. The van der Waals surface area contributed by atoms with Gasteiger partial charge in [0.15, 0.2) is 0 Å². The monoisotopic (exact) mass is 364 g/mol. The lowest BCUT2D eigenvalue weighted by Crippen LogP contribution is -2.06. The van der Waals surface area contributed by atoms with Gasteiger partial charge in [-0.3, -0.25) is 0 Å². The maximum Gasteiger partial charge on any atom is 0.123 e. The predicted molar refractivity (Wildman–Crippen MR) is 109 cm³/mol. The first-order chi connectivity index (χ1) is 12.5. The summed E-state index contributed by atoms with van der Waals surface area (Å²) in [5.41, 5.74) is 12.5. The molecule has 1 aliphatic carbocycles. The van der Waals surface area contributed by atoms with Crippen LogP contribution in [0.25, 0.3) is 21.0 Å². The average molecular weight is 365 g/mol. The second-order valence-corrected chi connectivity index (χ2v) is 8.23. The molecule has 0 radical (unpaired) electrons. The third-order valence-corrected chi connectivity index (χ3v) is 5.95. The minimum Gasteiger partial charge on any atom is -0.491 e. The van der Waals surface area contributed by atoms with Gasteiger partial charge in [-0.1, -0.05) is 18.2 Å². The summed E-state index contributed by atoms with van der Waals surface area (Å²) in [6.45, 7) is 6.18. The van der Waals surface area contributed by atoms with Gasteiger partial charge < -0.3 is 10.5 Å². The molecule has 0 spiro atoms. The number of ether oxygens (including phenoxy) is 1. The topological polar surface area (TPSA) is 48.1 Å². The van der Waals surface area contributed by atoms with Crippen LogP contribution < -0.4 is 10.5 Å². The first-order valence-electron chi connectivity index (χ1n) is 9.14. The fraction of sp³-hybridized carbons (Fsp3) is 0.318. The summed E-state index contributed by atoms with van der Waals surface area (Å²) in [7, 11) is 0. The predicted octanol–water partition coefficient (Wildman–Crippen LogP) is 5.52. The van der Waals surface area contributed by atoms with Crippen LogP contribution in [-0.2, 0) is 6.42 Å². The molecule has 3 aromatic rings. The Morgan fingerprint density at radius 2 is 2.08 bits per heavy atom. The van der Waals surface area contributed by atoms with Crippen molar-refractivity contribution in [2.75, 3.05) is 0 Å². The zero-order chi connectivity index (χ0) is 18.3. The molecule has 4 rings (SSSR count). The number of fused-ring (bicyclic) bond motifs is 1. The number of hydrogen-bond acceptors (Lipinski definition) is 4. The van der Waals surface area contributed by atoms with Crippen molar-refractivity contribution < 1.29 is 4.74 Å². The average Bonchev–Trinajstić information content (AvgIpc) is 3.24. The second-order valence-electron chi connectivity index (χ2n) is 7.20. The van der Waals surface area contributed by atoms with Crippen molar-refractivity contribution >= 4 is 11.3 Å². The van der Waals surface area contributed by atoms with E-state index in [0.29, 0.717) is 0 Å². The lowest BCUT2D eigenvalue weighted by molar-refractivity contribution is 0.241. The Bertz CT molecular complexity index is 945. The van der Waals surface area contributed by atoms with Crippen molar-refractivity contribution in [3.63, 3.8) is 0 Å². The number of rotatable bonds is 4. The van der Waals surface area contributed by atoms with Crippen LogP contribution in [0.15, 0.2) is 42.6 Å². The fourth-order valence-corrected chi connectivity index (χ4v) is 4.58. The Kier molecular flexibility index (Phi) is 4.55. The van der Waals surface area contributed by atoms with Crippen LogP contribution in [0, 0.1) is 6.92 Å². The van der Waals surface area contributed by atoms with E-state index < -0.39 is 0 Å². The van der Waals surface area contributed by atoms with Crippen molar-refractivity contribution in [2.24, 2.45) is 5.73 Å². The number of hydrogen-bond donors (Lipinski definition) is 1. The molecule has 0 saturated carbocycles. The van der Waals surface area contributed by atoms with Gasteiger partial charge in [0.25, 0.3) is 0 Å². The summed E-state index contributed by atoms with van der Waals surface area (Å²) in [6.07, 6.45) is 4.26. The first kappa shape index (κ1) is 17.3. The van der Waals surface area contributed by atoms with Crippen LogP contribution in [0.4, 0.5) is 0 Å². The maximum absolute atomic E-state index is 6.23. The molecule has 0 bridgehead atoms. The minimum atomic E-state index is 0.175. The lowest BCUT2D eigenvalue weighted by atomic mass is 10.0. The zero-order valence-electron chi connectivity index (χ0n) is 15.5. The molecule has 3 nitrogen and oxygen atoms in total. The van der Waals surface area contributed by atoms with Crippen LogP contribution in [0.1, 0.15) is 43.0 Å². The Morgan fingerprint density at radius 1 is 1.23 bits per heavy atom. The van der Waals surface area contributed by atoms with Crippen molar-refractivity contribution in [2.45, 2.75) is 45.8 Å². The first-order valence-corrected chi connectivity index (χ1v) is 9.96. The maximum atomic E-state index is 6.23. The molecule has 2 N–H and O–H groups in total. The second kappa shape index (κ2) is 6.86. The molecule has 1 heterocycles. The van der Waals surface area contributed by atoms with Crippen LogP contribution in [-0.4, -0.2) is 11.1 Å². The highest BCUT2D eigenvalue weighted by molar-refractivity contribution is 7.18. The van der Waals surface area contributed by atoms with Gasteiger partial charge in [0.1, 0.15) is 10.8 Å². The van der Waals surface area contributed by atoms with E-state index in [1.807, 2.05) is 26.1 Å². The third kappa shape index (κ3) is 3.15. The molecule has 4 heteroatoms. The summed E-state index contributed by atoms with van der Waals surface area (Å²) >= 11 is 1.74. The minimum absolute atomic E-state index is 0.175. The van der Waals surface area contributed by atoms with Gasteiger partial charge in [-0.25, -0.2) is 4.98 Å². The van der Waals surface area contributed by atoms with E-state index in [1.54, 1.807) is 11.3 Å².